The summed E-state index contributed by atoms with van der Waals surface area (Å²) < 4.78 is 25.7. The van der Waals surface area contributed by atoms with Crippen LogP contribution >= 0.6 is 0 Å². The molecule has 5 nitrogen and oxygen atoms in total. The van der Waals surface area contributed by atoms with E-state index in [4.69, 9.17) is 0 Å². The number of fused-ring (bicyclic) bond motifs is 1. The highest BCUT2D eigenvalue weighted by Gasteiger charge is 2.23. The summed E-state index contributed by atoms with van der Waals surface area (Å²) in [6, 6.07) is 12.7. The summed E-state index contributed by atoms with van der Waals surface area (Å²) in [6.45, 7) is 5.49. The van der Waals surface area contributed by atoms with Crippen LogP contribution in [0.3, 0.4) is 0 Å². The molecule has 4 rings (SSSR count). The van der Waals surface area contributed by atoms with E-state index < -0.39 is 9.84 Å². The van der Waals surface area contributed by atoms with Crippen molar-refractivity contribution in [1.29, 1.82) is 0 Å². The van der Waals surface area contributed by atoms with Gasteiger partial charge in [0.25, 0.3) is 0 Å². The van der Waals surface area contributed by atoms with Crippen molar-refractivity contribution in [3.05, 3.63) is 60.4 Å². The Kier molecular flexibility index (Phi) is 4.93. The molecule has 140 valence electrons. The Morgan fingerprint density at radius 3 is 2.59 bits per heavy atom. The minimum absolute atomic E-state index is 0.0502. The molecule has 0 N–H and O–H groups in total. The first kappa shape index (κ1) is 18.1. The molecule has 1 aliphatic rings. The Bertz CT molecular complexity index is 1040. The first-order valence-corrected chi connectivity index (χ1v) is 10.8. The van der Waals surface area contributed by atoms with Gasteiger partial charge in [0, 0.05) is 17.8 Å². The molecule has 27 heavy (non-hydrogen) atoms. The topological polar surface area (TPSA) is 63.2 Å². The first-order valence-electron chi connectivity index (χ1n) is 9.36. The van der Waals surface area contributed by atoms with Crippen molar-refractivity contribution >= 4 is 20.7 Å². The number of pyridine rings is 2. The van der Waals surface area contributed by atoms with Crippen LogP contribution in [0, 0.1) is 0 Å². The van der Waals surface area contributed by atoms with E-state index in [1.807, 2.05) is 12.1 Å². The molecule has 1 saturated heterocycles. The fraction of sp³-hybridized carbons (Fsp3) is 0.333. The van der Waals surface area contributed by atoms with E-state index in [9.17, 15) is 8.42 Å². The maximum atomic E-state index is 12.8. The highest BCUT2D eigenvalue weighted by atomic mass is 32.2. The largest absolute Gasteiger partial charge is 0.304 e. The number of aromatic nitrogens is 2. The molecule has 6 heteroatoms. The molecule has 2 aromatic heterocycles. The number of hydrogen-bond donors (Lipinski definition) is 0. The van der Waals surface area contributed by atoms with Crippen LogP contribution in [-0.4, -0.2) is 42.9 Å². The molecule has 1 aromatic carbocycles. The van der Waals surface area contributed by atoms with E-state index in [0.717, 1.165) is 43.4 Å². The highest BCUT2D eigenvalue weighted by molar-refractivity contribution is 7.91. The number of sulfone groups is 1. The number of hydrogen-bond acceptors (Lipinski definition) is 5. The summed E-state index contributed by atoms with van der Waals surface area (Å²) in [5, 5.41) is 0.914. The predicted molar refractivity (Wildman–Crippen MR) is 106 cm³/mol. The lowest BCUT2D eigenvalue weighted by atomic mass is 9.86. The molecule has 0 atom stereocenters. The summed E-state index contributed by atoms with van der Waals surface area (Å²) in [5.41, 5.74) is 2.14. The van der Waals surface area contributed by atoms with Gasteiger partial charge in [0.15, 0.2) is 5.03 Å². The van der Waals surface area contributed by atoms with Crippen LogP contribution in [0.4, 0.5) is 0 Å². The average molecular weight is 381 g/mol. The molecule has 3 heterocycles. The summed E-state index contributed by atoms with van der Waals surface area (Å²) in [7, 11) is -3.66. The van der Waals surface area contributed by atoms with E-state index in [1.54, 1.807) is 18.2 Å². The minimum atomic E-state index is -3.66. The van der Waals surface area contributed by atoms with Crippen LogP contribution in [0.2, 0.25) is 0 Å². The second kappa shape index (κ2) is 7.37. The average Bonchev–Trinajstić information content (AvgIpc) is 2.73. The number of piperidine rings is 1. The van der Waals surface area contributed by atoms with Gasteiger partial charge in [0.05, 0.1) is 10.4 Å². The van der Waals surface area contributed by atoms with Crippen LogP contribution in [0.1, 0.15) is 31.2 Å². The number of likely N-dealkylation sites (tertiary alicyclic amines) is 1. The first-order chi connectivity index (χ1) is 13.1. The minimum Gasteiger partial charge on any atom is -0.304 e. The standard InChI is InChI=1S/C21H23N3O2S/c1-2-24-12-9-16(10-13-24)19-7-5-6-17-14-18(15-23-21(17)19)27(25,26)20-8-3-4-11-22-20/h3-8,11,14-16H,2,9-10,12-13H2,1H3/i2-1. The molecule has 0 bridgehead atoms. The zero-order valence-electron chi connectivity index (χ0n) is 15.4. The van der Waals surface area contributed by atoms with Gasteiger partial charge in [0.1, 0.15) is 0 Å². The van der Waals surface area contributed by atoms with Crippen LogP contribution in [0.25, 0.3) is 10.9 Å². The van der Waals surface area contributed by atoms with Crippen LogP contribution in [-0.2, 0) is 9.84 Å². The molecule has 0 aliphatic carbocycles. The third-order valence-electron chi connectivity index (χ3n) is 5.42. The second-order valence-electron chi connectivity index (χ2n) is 6.97. The lowest BCUT2D eigenvalue weighted by Gasteiger charge is -2.31. The van der Waals surface area contributed by atoms with Crippen molar-refractivity contribution in [2.24, 2.45) is 0 Å². The zero-order chi connectivity index (χ0) is 18.9. The van der Waals surface area contributed by atoms with Gasteiger partial charge in [-0.2, -0.15) is 0 Å². The molecular formula is C21H23N3O2S. The van der Waals surface area contributed by atoms with E-state index in [0.29, 0.717) is 5.92 Å². The maximum absolute atomic E-state index is 12.8. The van der Waals surface area contributed by atoms with Crippen LogP contribution < -0.4 is 0 Å². The van der Waals surface area contributed by atoms with Gasteiger partial charge in [0.2, 0.25) is 9.84 Å². The maximum Gasteiger partial charge on any atom is 0.225 e. The number of para-hydroxylation sites is 1. The van der Waals surface area contributed by atoms with Gasteiger partial charge in [-0.3, -0.25) is 4.98 Å². The molecule has 3 aromatic rings. The molecule has 0 saturated carbocycles. The Morgan fingerprint density at radius 1 is 1.07 bits per heavy atom. The van der Waals surface area contributed by atoms with Gasteiger partial charge < -0.3 is 4.90 Å². The summed E-state index contributed by atoms with van der Waals surface area (Å²) in [4.78, 5) is 11.2. The van der Waals surface area contributed by atoms with Crippen molar-refractivity contribution in [2.45, 2.75) is 35.6 Å². The Hall–Kier alpha value is -2.31. The van der Waals surface area contributed by atoms with Crippen molar-refractivity contribution < 1.29 is 8.42 Å². The van der Waals surface area contributed by atoms with Crippen molar-refractivity contribution in [2.75, 3.05) is 19.6 Å². The molecule has 0 spiro atoms. The second-order valence-corrected chi connectivity index (χ2v) is 8.87. The monoisotopic (exact) mass is 380 g/mol. The summed E-state index contributed by atoms with van der Waals surface area (Å²) in [5.74, 6) is 0.474. The highest BCUT2D eigenvalue weighted by Crippen LogP contribution is 2.33. The van der Waals surface area contributed by atoms with Gasteiger partial charge in [-0.15, -0.1) is 0 Å². The summed E-state index contributed by atoms with van der Waals surface area (Å²) >= 11 is 0. The third kappa shape index (κ3) is 3.47. The van der Waals surface area contributed by atoms with Gasteiger partial charge in [-0.1, -0.05) is 31.2 Å². The molecular weight excluding hydrogens is 357 g/mol. The van der Waals surface area contributed by atoms with Gasteiger partial charge in [-0.05, 0) is 62.2 Å². The van der Waals surface area contributed by atoms with E-state index in [2.05, 4.69) is 27.9 Å². The van der Waals surface area contributed by atoms with Gasteiger partial charge in [-0.25, -0.2) is 13.4 Å². The van der Waals surface area contributed by atoms with Crippen molar-refractivity contribution in [1.82, 2.24) is 14.9 Å². The molecule has 0 unspecified atom stereocenters. The summed E-state index contributed by atoms with van der Waals surface area (Å²) in [6.07, 6.45) is 5.18. The quantitative estimate of drug-likeness (QED) is 0.691. The Morgan fingerprint density at radius 2 is 1.89 bits per heavy atom. The van der Waals surface area contributed by atoms with Crippen LogP contribution in [0.5, 0.6) is 0 Å². The Labute approximate surface area is 160 Å². The van der Waals surface area contributed by atoms with Gasteiger partial charge >= 0.3 is 0 Å². The normalized spacial score (nSPS) is 16.6. The zero-order valence-corrected chi connectivity index (χ0v) is 16.2. The lowest BCUT2D eigenvalue weighted by Crippen LogP contribution is -2.32. The van der Waals surface area contributed by atoms with Crippen molar-refractivity contribution in [3.8, 4) is 0 Å². The molecule has 1 aliphatic heterocycles. The van der Waals surface area contributed by atoms with Crippen LogP contribution in [0.15, 0.2) is 64.8 Å². The van der Waals surface area contributed by atoms with E-state index >= 15 is 0 Å². The molecule has 0 amide bonds. The fourth-order valence-electron chi connectivity index (χ4n) is 3.83. The third-order valence-corrected chi connectivity index (χ3v) is 7.05. The lowest BCUT2D eigenvalue weighted by molar-refractivity contribution is 0.223. The Balaban J connectivity index is 1.71. The number of benzene rings is 1. The van der Waals surface area contributed by atoms with E-state index in [1.165, 1.54) is 24.0 Å². The van der Waals surface area contributed by atoms with E-state index in [-0.39, 0.29) is 9.92 Å². The predicted octanol–water partition coefficient (Wildman–Crippen LogP) is 3.66. The SMILES string of the molecule is C[11CH2]N1CCC(c2cccc3cc(S(=O)(=O)c4ccccn4)cnc23)CC1. The van der Waals surface area contributed by atoms with Crippen molar-refractivity contribution in [3.63, 3.8) is 0 Å². The fourth-order valence-corrected chi connectivity index (χ4v) is 5.00. The smallest absolute Gasteiger partial charge is 0.225 e. The number of nitrogens with zero attached hydrogens (tertiary/aromatic N) is 3. The molecule has 1 fully saturated rings. The molecule has 0 radical (unpaired) electrons. The number of rotatable bonds is 4.